The number of hydrogen-bond donors (Lipinski definition) is 1. The highest BCUT2D eigenvalue weighted by Gasteiger charge is 2.30. The first-order valence-corrected chi connectivity index (χ1v) is 7.07. The zero-order valence-electron chi connectivity index (χ0n) is 12.5. The van der Waals surface area contributed by atoms with Gasteiger partial charge in [-0.05, 0) is 36.3 Å². The van der Waals surface area contributed by atoms with Crippen molar-refractivity contribution in [3.8, 4) is 0 Å². The van der Waals surface area contributed by atoms with E-state index in [1.165, 1.54) is 24.3 Å². The third-order valence-electron chi connectivity index (χ3n) is 3.30. The molecule has 0 spiro atoms. The van der Waals surface area contributed by atoms with Crippen molar-refractivity contribution in [1.29, 1.82) is 0 Å². The van der Waals surface area contributed by atoms with Gasteiger partial charge in [0.1, 0.15) is 0 Å². The second-order valence-electron chi connectivity index (χ2n) is 5.10. The quantitative estimate of drug-likeness (QED) is 0.820. The number of rotatable bonds is 4. The Morgan fingerprint density at radius 1 is 1.09 bits per heavy atom. The van der Waals surface area contributed by atoms with E-state index in [0.29, 0.717) is 5.56 Å². The molecule has 0 heterocycles. The van der Waals surface area contributed by atoms with Crippen LogP contribution < -0.4 is 5.32 Å². The topological polar surface area (TPSA) is 29.1 Å². The van der Waals surface area contributed by atoms with Crippen LogP contribution in [0, 0.1) is 0 Å². The Morgan fingerprint density at radius 3 is 2.43 bits per heavy atom. The molecule has 2 nitrogen and oxygen atoms in total. The van der Waals surface area contributed by atoms with Gasteiger partial charge in [-0.1, -0.05) is 42.5 Å². The van der Waals surface area contributed by atoms with Crippen LogP contribution in [-0.4, -0.2) is 5.91 Å². The number of carbonyl (C=O) groups excluding carboxylic acids is 1. The fourth-order valence-corrected chi connectivity index (χ4v) is 2.08. The summed E-state index contributed by atoms with van der Waals surface area (Å²) in [4.78, 5) is 11.9. The first-order chi connectivity index (χ1) is 10.9. The average Bonchev–Trinajstić information content (AvgIpc) is 2.53. The van der Waals surface area contributed by atoms with Crippen LogP contribution in [0.4, 0.5) is 13.2 Å². The molecule has 2 aromatic rings. The van der Waals surface area contributed by atoms with E-state index >= 15 is 0 Å². The molecule has 1 unspecified atom stereocenters. The summed E-state index contributed by atoms with van der Waals surface area (Å²) in [7, 11) is 0. The smallest absolute Gasteiger partial charge is 0.346 e. The molecule has 0 bridgehead atoms. The molecule has 0 saturated heterocycles. The summed E-state index contributed by atoms with van der Waals surface area (Å²) >= 11 is 0. The highest BCUT2D eigenvalue weighted by molar-refractivity contribution is 5.92. The summed E-state index contributed by atoms with van der Waals surface area (Å²) in [6.07, 6.45) is -1.80. The van der Waals surface area contributed by atoms with Crippen molar-refractivity contribution in [2.75, 3.05) is 0 Å². The van der Waals surface area contributed by atoms with Crippen LogP contribution in [0.1, 0.15) is 29.7 Å². The van der Waals surface area contributed by atoms with Crippen LogP contribution in [0.2, 0.25) is 0 Å². The van der Waals surface area contributed by atoms with Crippen molar-refractivity contribution in [2.24, 2.45) is 0 Å². The second-order valence-corrected chi connectivity index (χ2v) is 5.10. The van der Waals surface area contributed by atoms with E-state index in [0.717, 1.165) is 17.7 Å². The van der Waals surface area contributed by atoms with Gasteiger partial charge in [-0.3, -0.25) is 4.79 Å². The Bertz CT molecular complexity index is 693. The van der Waals surface area contributed by atoms with Crippen molar-refractivity contribution in [2.45, 2.75) is 19.1 Å². The Kier molecular flexibility index (Phi) is 5.21. The van der Waals surface area contributed by atoms with Crippen LogP contribution in [0.5, 0.6) is 0 Å². The molecule has 2 rings (SSSR count). The van der Waals surface area contributed by atoms with Gasteiger partial charge < -0.3 is 5.32 Å². The Balaban J connectivity index is 2.01. The number of carbonyl (C=O) groups is 1. The van der Waals surface area contributed by atoms with E-state index in [1.807, 2.05) is 37.3 Å². The van der Waals surface area contributed by atoms with E-state index in [-0.39, 0.29) is 11.9 Å². The largest absolute Gasteiger partial charge is 0.416 e. The van der Waals surface area contributed by atoms with Crippen LogP contribution in [0.15, 0.2) is 60.7 Å². The van der Waals surface area contributed by atoms with E-state index in [1.54, 1.807) is 0 Å². The molecule has 0 aliphatic rings. The van der Waals surface area contributed by atoms with E-state index < -0.39 is 11.7 Å². The fourth-order valence-electron chi connectivity index (χ4n) is 2.08. The summed E-state index contributed by atoms with van der Waals surface area (Å²) in [5.74, 6) is -0.362. The molecular weight excluding hydrogens is 303 g/mol. The van der Waals surface area contributed by atoms with Gasteiger partial charge in [-0.2, -0.15) is 13.2 Å². The minimum absolute atomic E-state index is 0.185. The monoisotopic (exact) mass is 319 g/mol. The maximum Gasteiger partial charge on any atom is 0.416 e. The van der Waals surface area contributed by atoms with Gasteiger partial charge in [-0.15, -0.1) is 0 Å². The van der Waals surface area contributed by atoms with Crippen LogP contribution in [-0.2, 0) is 11.0 Å². The van der Waals surface area contributed by atoms with E-state index in [9.17, 15) is 18.0 Å². The van der Waals surface area contributed by atoms with Gasteiger partial charge in [0.15, 0.2) is 0 Å². The Labute approximate surface area is 132 Å². The molecule has 0 aromatic heterocycles. The number of halogens is 3. The SMILES string of the molecule is CC(NC(=O)C=Cc1cccc(C(F)(F)F)c1)c1ccccc1. The predicted molar refractivity (Wildman–Crippen MR) is 83.5 cm³/mol. The third-order valence-corrected chi connectivity index (χ3v) is 3.30. The number of hydrogen-bond acceptors (Lipinski definition) is 1. The van der Waals surface area contributed by atoms with E-state index in [2.05, 4.69) is 5.32 Å². The first-order valence-electron chi connectivity index (χ1n) is 7.07. The van der Waals surface area contributed by atoms with Crippen molar-refractivity contribution in [3.63, 3.8) is 0 Å². The number of nitrogens with one attached hydrogen (secondary N) is 1. The molecule has 0 saturated carbocycles. The van der Waals surface area contributed by atoms with Crippen molar-refractivity contribution >= 4 is 12.0 Å². The molecular formula is C18H16F3NO. The van der Waals surface area contributed by atoms with Crippen LogP contribution >= 0.6 is 0 Å². The van der Waals surface area contributed by atoms with Crippen LogP contribution in [0.3, 0.4) is 0 Å². The van der Waals surface area contributed by atoms with Crippen molar-refractivity contribution < 1.29 is 18.0 Å². The lowest BCUT2D eigenvalue weighted by molar-refractivity contribution is -0.137. The first kappa shape index (κ1) is 16.8. The van der Waals surface area contributed by atoms with Gasteiger partial charge in [0.05, 0.1) is 11.6 Å². The number of alkyl halides is 3. The Morgan fingerprint density at radius 2 is 1.78 bits per heavy atom. The summed E-state index contributed by atoms with van der Waals surface area (Å²) < 4.78 is 37.9. The zero-order valence-corrected chi connectivity index (χ0v) is 12.5. The molecule has 5 heteroatoms. The summed E-state index contributed by atoms with van der Waals surface area (Å²) in [6, 6.07) is 14.0. The highest BCUT2D eigenvalue weighted by Crippen LogP contribution is 2.29. The van der Waals surface area contributed by atoms with Crippen molar-refractivity contribution in [3.05, 3.63) is 77.4 Å². The summed E-state index contributed by atoms with van der Waals surface area (Å²) in [6.45, 7) is 1.84. The van der Waals surface area contributed by atoms with Gasteiger partial charge >= 0.3 is 6.18 Å². The minimum atomic E-state index is -4.39. The lowest BCUT2D eigenvalue weighted by Crippen LogP contribution is -2.24. The molecule has 1 N–H and O–H groups in total. The highest BCUT2D eigenvalue weighted by atomic mass is 19.4. The number of amides is 1. The fraction of sp³-hybridized carbons (Fsp3) is 0.167. The average molecular weight is 319 g/mol. The molecule has 23 heavy (non-hydrogen) atoms. The molecule has 1 amide bonds. The maximum atomic E-state index is 12.6. The third kappa shape index (κ3) is 4.98. The van der Waals surface area contributed by atoms with Gasteiger partial charge in [-0.25, -0.2) is 0 Å². The minimum Gasteiger partial charge on any atom is -0.346 e. The summed E-state index contributed by atoms with van der Waals surface area (Å²) in [5.41, 5.74) is 0.536. The Hall–Kier alpha value is -2.56. The standard InChI is InChI=1S/C18H16F3NO/c1-13(15-7-3-2-4-8-15)22-17(23)11-10-14-6-5-9-16(12-14)18(19,20)21/h2-13H,1H3,(H,22,23). The number of benzene rings is 2. The molecule has 0 aliphatic carbocycles. The molecule has 0 fully saturated rings. The molecule has 0 radical (unpaired) electrons. The van der Waals surface area contributed by atoms with Crippen LogP contribution in [0.25, 0.3) is 6.08 Å². The normalized spacial score (nSPS) is 13.0. The molecule has 120 valence electrons. The maximum absolute atomic E-state index is 12.6. The zero-order chi connectivity index (χ0) is 16.9. The van der Waals surface area contributed by atoms with Gasteiger partial charge in [0, 0.05) is 6.08 Å². The van der Waals surface area contributed by atoms with Gasteiger partial charge in [0.2, 0.25) is 5.91 Å². The molecule has 2 aromatic carbocycles. The second kappa shape index (κ2) is 7.13. The lowest BCUT2D eigenvalue weighted by Gasteiger charge is -2.12. The van der Waals surface area contributed by atoms with E-state index in [4.69, 9.17) is 0 Å². The van der Waals surface area contributed by atoms with Gasteiger partial charge in [0.25, 0.3) is 0 Å². The molecule has 1 atom stereocenters. The predicted octanol–water partition coefficient (Wildman–Crippen LogP) is 4.60. The summed E-state index contributed by atoms with van der Waals surface area (Å²) in [5, 5.41) is 2.76. The lowest BCUT2D eigenvalue weighted by atomic mass is 10.1. The van der Waals surface area contributed by atoms with Crippen molar-refractivity contribution in [1.82, 2.24) is 5.32 Å². The molecule has 0 aliphatic heterocycles.